The molecule has 2 fully saturated rings. The summed E-state index contributed by atoms with van der Waals surface area (Å²) in [4.78, 5) is 0. The zero-order chi connectivity index (χ0) is 7.84. The Balaban J connectivity index is 2.07. The number of hydrogen-bond acceptors (Lipinski definition) is 4. The van der Waals surface area contributed by atoms with Gasteiger partial charge in [-0.15, -0.1) is 9.05 Å². The molecule has 4 atom stereocenters. The van der Waals surface area contributed by atoms with Gasteiger partial charge in [0.25, 0.3) is 0 Å². The van der Waals surface area contributed by atoms with Crippen molar-refractivity contribution < 1.29 is 18.3 Å². The first kappa shape index (κ1) is 7.62. The summed E-state index contributed by atoms with van der Waals surface area (Å²) >= 11 is 0. The van der Waals surface area contributed by atoms with E-state index in [1.54, 1.807) is 0 Å². The Morgan fingerprint density at radius 2 is 2.27 bits per heavy atom. The lowest BCUT2D eigenvalue weighted by Crippen LogP contribution is -2.33. The third-order valence-electron chi connectivity index (χ3n) is 2.05. The largest absolute Gasteiger partial charge is 0.697 e. The molecular formula is C6H10O4P+. The maximum atomic E-state index is 10.8. The van der Waals surface area contributed by atoms with E-state index in [1.165, 1.54) is 0 Å². The van der Waals surface area contributed by atoms with Crippen molar-refractivity contribution in [3.63, 3.8) is 0 Å². The van der Waals surface area contributed by atoms with E-state index in [1.807, 2.05) is 6.92 Å². The molecule has 2 aliphatic rings. The van der Waals surface area contributed by atoms with Gasteiger partial charge in [0.05, 0.1) is 6.61 Å². The smallest absolute Gasteiger partial charge is 0.372 e. The molecule has 62 valence electrons. The standard InChI is InChI=1S/C6H10O4P/c1-4-2-8-5-3-9-11(7)10-6(4)5/h4-6H,2-3H2,1H3/q+1. The molecule has 0 saturated carbocycles. The summed E-state index contributed by atoms with van der Waals surface area (Å²) in [5, 5.41) is 0. The van der Waals surface area contributed by atoms with Crippen LogP contribution in [-0.4, -0.2) is 25.4 Å². The van der Waals surface area contributed by atoms with Crippen LogP contribution in [0.2, 0.25) is 0 Å². The maximum Gasteiger partial charge on any atom is 0.697 e. The van der Waals surface area contributed by atoms with Crippen LogP contribution in [0.15, 0.2) is 0 Å². The Kier molecular flexibility index (Phi) is 1.93. The van der Waals surface area contributed by atoms with Crippen molar-refractivity contribution in [2.24, 2.45) is 5.92 Å². The average molecular weight is 177 g/mol. The quantitative estimate of drug-likeness (QED) is 0.519. The highest BCUT2D eigenvalue weighted by molar-refractivity contribution is 7.33. The number of fused-ring (bicyclic) bond motifs is 1. The Bertz CT molecular complexity index is 183. The van der Waals surface area contributed by atoms with Gasteiger partial charge in [0, 0.05) is 10.5 Å². The summed E-state index contributed by atoms with van der Waals surface area (Å²) < 4.78 is 26.0. The van der Waals surface area contributed by atoms with Gasteiger partial charge in [0.15, 0.2) is 0 Å². The van der Waals surface area contributed by atoms with Crippen LogP contribution in [0.3, 0.4) is 0 Å². The van der Waals surface area contributed by atoms with Crippen molar-refractivity contribution in [1.82, 2.24) is 0 Å². The van der Waals surface area contributed by atoms with Gasteiger partial charge in [0.2, 0.25) is 0 Å². The van der Waals surface area contributed by atoms with Crippen molar-refractivity contribution in [2.75, 3.05) is 13.2 Å². The van der Waals surface area contributed by atoms with Gasteiger partial charge in [-0.2, -0.15) is 0 Å². The lowest BCUT2D eigenvalue weighted by atomic mass is 10.1. The minimum atomic E-state index is -1.88. The van der Waals surface area contributed by atoms with Crippen molar-refractivity contribution in [1.29, 1.82) is 0 Å². The van der Waals surface area contributed by atoms with E-state index in [4.69, 9.17) is 13.8 Å². The Labute approximate surface area is 65.8 Å². The summed E-state index contributed by atoms with van der Waals surface area (Å²) in [5.74, 6) is 0.336. The molecule has 0 aromatic heterocycles. The molecular weight excluding hydrogens is 167 g/mol. The molecule has 0 amide bonds. The first-order valence-corrected chi connectivity index (χ1v) is 4.75. The van der Waals surface area contributed by atoms with Crippen LogP contribution in [0, 0.1) is 5.92 Å². The molecule has 2 rings (SSSR count). The second-order valence-electron chi connectivity index (χ2n) is 2.94. The van der Waals surface area contributed by atoms with Gasteiger partial charge in [-0.25, -0.2) is 0 Å². The fraction of sp³-hybridized carbons (Fsp3) is 1.00. The molecule has 0 aliphatic carbocycles. The van der Waals surface area contributed by atoms with E-state index in [0.29, 0.717) is 19.1 Å². The second-order valence-corrected chi connectivity index (χ2v) is 3.85. The Hall–Kier alpha value is -0.0200. The summed E-state index contributed by atoms with van der Waals surface area (Å²) in [6.07, 6.45) is -0.0231. The molecule has 0 aromatic carbocycles. The van der Waals surface area contributed by atoms with Crippen molar-refractivity contribution in [3.8, 4) is 0 Å². The molecule has 4 nitrogen and oxygen atoms in total. The van der Waals surface area contributed by atoms with Gasteiger partial charge < -0.3 is 4.74 Å². The van der Waals surface area contributed by atoms with Crippen molar-refractivity contribution in [3.05, 3.63) is 0 Å². The lowest BCUT2D eigenvalue weighted by molar-refractivity contribution is -0.0154. The lowest BCUT2D eigenvalue weighted by Gasteiger charge is -2.16. The Morgan fingerprint density at radius 3 is 3.09 bits per heavy atom. The average Bonchev–Trinajstić information content (AvgIpc) is 2.33. The highest BCUT2D eigenvalue weighted by Gasteiger charge is 2.48. The SMILES string of the molecule is CC1COC2CO[P+](=O)OC12. The summed E-state index contributed by atoms with van der Waals surface area (Å²) in [5.41, 5.74) is 0. The predicted molar refractivity (Wildman–Crippen MR) is 37.3 cm³/mol. The second kappa shape index (κ2) is 2.79. The van der Waals surface area contributed by atoms with Gasteiger partial charge in [-0.1, -0.05) is 6.92 Å². The molecule has 2 heterocycles. The molecule has 2 aliphatic heterocycles. The van der Waals surface area contributed by atoms with Crippen LogP contribution in [0.4, 0.5) is 0 Å². The van der Waals surface area contributed by atoms with Gasteiger partial charge >= 0.3 is 8.25 Å². The van der Waals surface area contributed by atoms with Gasteiger partial charge in [-0.3, -0.25) is 0 Å². The fourth-order valence-corrected chi connectivity index (χ4v) is 2.28. The first-order chi connectivity index (χ1) is 5.27. The van der Waals surface area contributed by atoms with Crippen LogP contribution >= 0.6 is 8.25 Å². The molecule has 0 bridgehead atoms. The Morgan fingerprint density at radius 1 is 1.45 bits per heavy atom. The van der Waals surface area contributed by atoms with Crippen LogP contribution in [0.5, 0.6) is 0 Å². The van der Waals surface area contributed by atoms with Crippen molar-refractivity contribution in [2.45, 2.75) is 19.1 Å². The normalized spacial score (nSPS) is 47.4. The van der Waals surface area contributed by atoms with Gasteiger partial charge in [-0.05, 0) is 0 Å². The molecule has 0 radical (unpaired) electrons. The van der Waals surface area contributed by atoms with Crippen molar-refractivity contribution >= 4 is 8.25 Å². The van der Waals surface area contributed by atoms with E-state index in [0.717, 1.165) is 0 Å². The molecule has 0 spiro atoms. The number of hydrogen-bond donors (Lipinski definition) is 0. The third-order valence-corrected chi connectivity index (χ3v) is 2.83. The molecule has 4 unspecified atom stereocenters. The highest BCUT2D eigenvalue weighted by Crippen LogP contribution is 2.39. The minimum absolute atomic E-state index is 0.00213. The number of ether oxygens (including phenoxy) is 1. The third kappa shape index (κ3) is 1.32. The van der Waals surface area contributed by atoms with E-state index in [2.05, 4.69) is 0 Å². The molecule has 11 heavy (non-hydrogen) atoms. The zero-order valence-corrected chi connectivity index (χ0v) is 7.12. The zero-order valence-electron chi connectivity index (χ0n) is 6.23. The van der Waals surface area contributed by atoms with Gasteiger partial charge in [0.1, 0.15) is 18.8 Å². The van der Waals surface area contributed by atoms with E-state index in [-0.39, 0.29) is 12.2 Å². The van der Waals surface area contributed by atoms with Crippen LogP contribution in [-0.2, 0) is 18.3 Å². The number of rotatable bonds is 0. The van der Waals surface area contributed by atoms with E-state index < -0.39 is 8.25 Å². The molecule has 2 saturated heterocycles. The first-order valence-electron chi connectivity index (χ1n) is 3.66. The fourth-order valence-electron chi connectivity index (χ4n) is 1.41. The topological polar surface area (TPSA) is 44.8 Å². The monoisotopic (exact) mass is 177 g/mol. The molecule has 0 N–H and O–H groups in total. The molecule has 5 heteroatoms. The van der Waals surface area contributed by atoms with E-state index >= 15 is 0 Å². The van der Waals surface area contributed by atoms with Crippen LogP contribution in [0.25, 0.3) is 0 Å². The van der Waals surface area contributed by atoms with Crippen LogP contribution in [0.1, 0.15) is 6.92 Å². The minimum Gasteiger partial charge on any atom is -0.372 e. The van der Waals surface area contributed by atoms with Crippen LogP contribution < -0.4 is 0 Å². The maximum absolute atomic E-state index is 10.8. The predicted octanol–water partition coefficient (Wildman–Crippen LogP) is 1.09. The molecule has 0 aromatic rings. The highest BCUT2D eigenvalue weighted by atomic mass is 31.1. The van der Waals surface area contributed by atoms with E-state index in [9.17, 15) is 4.57 Å². The summed E-state index contributed by atoms with van der Waals surface area (Å²) in [6.45, 7) is 3.12. The summed E-state index contributed by atoms with van der Waals surface area (Å²) in [7, 11) is -1.88. The summed E-state index contributed by atoms with van der Waals surface area (Å²) in [6, 6.07) is 0.